The second kappa shape index (κ2) is 13.5. The lowest BCUT2D eigenvalue weighted by molar-refractivity contribution is -0.857. The third-order valence-corrected chi connectivity index (χ3v) is 4.89. The van der Waals surface area contributed by atoms with E-state index in [0.29, 0.717) is 39.2 Å². The minimum atomic E-state index is -0.218. The summed E-state index contributed by atoms with van der Waals surface area (Å²) in [5.74, 6) is -0.182. The molecule has 0 spiro atoms. The fraction of sp³-hybridized carbons (Fsp3) is 0.478. The van der Waals surface area contributed by atoms with E-state index in [0.717, 1.165) is 12.1 Å². The van der Waals surface area contributed by atoms with Gasteiger partial charge in [-0.25, -0.2) is 4.98 Å². The van der Waals surface area contributed by atoms with Gasteiger partial charge in [0.15, 0.2) is 0 Å². The van der Waals surface area contributed by atoms with Crippen molar-refractivity contribution in [2.75, 3.05) is 54.0 Å². The molecule has 2 rings (SSSR count). The summed E-state index contributed by atoms with van der Waals surface area (Å²) < 4.78 is 5.12. The zero-order valence-corrected chi connectivity index (χ0v) is 18.8. The third-order valence-electron chi connectivity index (χ3n) is 4.89. The molecule has 0 bridgehead atoms. The molecule has 0 atom stereocenters. The van der Waals surface area contributed by atoms with Crippen LogP contribution in [0.15, 0.2) is 48.9 Å². The lowest BCUT2D eigenvalue weighted by Gasteiger charge is -2.26. The number of hydrogen-bond donors (Lipinski definition) is 1. The van der Waals surface area contributed by atoms with Crippen molar-refractivity contribution in [3.05, 3.63) is 60.2 Å². The summed E-state index contributed by atoms with van der Waals surface area (Å²) in [6, 6.07) is 9.98. The van der Waals surface area contributed by atoms with Crippen LogP contribution in [0.25, 0.3) is 0 Å². The van der Waals surface area contributed by atoms with Gasteiger partial charge in [-0.3, -0.25) is 14.6 Å². The van der Waals surface area contributed by atoms with Crippen molar-refractivity contribution in [3.8, 4) is 0 Å². The Labute approximate surface area is 184 Å². The van der Waals surface area contributed by atoms with E-state index in [1.165, 1.54) is 23.5 Å². The summed E-state index contributed by atoms with van der Waals surface area (Å²) in [4.78, 5) is 38.9. The number of ether oxygens (including phenoxy) is 1. The normalized spacial score (nSPS) is 10.8. The number of likely N-dealkylation sites (N-methyl/N-ethyl adjacent to an activating group) is 1. The van der Waals surface area contributed by atoms with Gasteiger partial charge in [0.2, 0.25) is 5.91 Å². The highest BCUT2D eigenvalue weighted by Gasteiger charge is 2.21. The number of rotatable bonds is 13. The Bertz CT molecular complexity index is 786. The number of nitrogens with one attached hydrogen (secondary N) is 1. The number of carbonyl (C=O) groups is 2. The van der Waals surface area contributed by atoms with Crippen LogP contribution in [0.2, 0.25) is 0 Å². The molecular weight excluding hydrogens is 394 g/mol. The first-order valence-electron chi connectivity index (χ1n) is 10.7. The van der Waals surface area contributed by atoms with Crippen LogP contribution in [0.1, 0.15) is 28.9 Å². The molecule has 0 unspecified atom stereocenters. The largest absolute Gasteiger partial charge is 0.385 e. The van der Waals surface area contributed by atoms with Crippen molar-refractivity contribution < 1.29 is 19.2 Å². The van der Waals surface area contributed by atoms with Gasteiger partial charge in [0.25, 0.3) is 5.91 Å². The quantitative estimate of drug-likeness (QED) is 0.471. The number of amides is 2. The molecule has 0 saturated carbocycles. The van der Waals surface area contributed by atoms with E-state index in [-0.39, 0.29) is 23.9 Å². The van der Waals surface area contributed by atoms with Crippen molar-refractivity contribution in [2.24, 2.45) is 0 Å². The molecule has 2 amide bonds. The van der Waals surface area contributed by atoms with E-state index in [1.54, 1.807) is 12.0 Å². The Morgan fingerprint density at radius 2 is 1.81 bits per heavy atom. The average molecular weight is 429 g/mol. The Hall–Kier alpha value is -2.84. The summed E-state index contributed by atoms with van der Waals surface area (Å²) in [5.41, 5.74) is 1.38. The second-order valence-corrected chi connectivity index (χ2v) is 7.74. The molecule has 31 heavy (non-hydrogen) atoms. The Kier molecular flexibility index (Phi) is 10.6. The predicted octanol–water partition coefficient (Wildman–Crippen LogP) is 0.519. The van der Waals surface area contributed by atoms with Crippen LogP contribution in [0.5, 0.6) is 0 Å². The number of carbonyl (C=O) groups excluding carboxylic acids is 2. The van der Waals surface area contributed by atoms with E-state index < -0.39 is 0 Å². The Morgan fingerprint density at radius 1 is 1.03 bits per heavy atom. The molecule has 0 aliphatic carbocycles. The molecule has 1 aromatic heterocycles. The predicted molar refractivity (Wildman–Crippen MR) is 119 cm³/mol. The number of aromatic nitrogens is 2. The SMILES string of the molecule is COCCCN(CCC(=O)N(CC[NH+](C)C)Cc1ccccc1)C(=O)c1cnccn1. The number of nitrogens with zero attached hydrogens (tertiary/aromatic N) is 4. The molecule has 1 aromatic carbocycles. The van der Waals surface area contributed by atoms with E-state index in [9.17, 15) is 9.59 Å². The number of quaternary nitrogens is 1. The van der Waals surface area contributed by atoms with Gasteiger partial charge >= 0.3 is 0 Å². The molecule has 0 fully saturated rings. The lowest BCUT2D eigenvalue weighted by atomic mass is 10.2. The average Bonchev–Trinajstić information content (AvgIpc) is 2.79. The zero-order valence-electron chi connectivity index (χ0n) is 18.8. The highest BCUT2D eigenvalue weighted by atomic mass is 16.5. The summed E-state index contributed by atoms with van der Waals surface area (Å²) in [5, 5.41) is 0. The number of benzene rings is 1. The summed E-state index contributed by atoms with van der Waals surface area (Å²) in [7, 11) is 5.77. The first-order chi connectivity index (χ1) is 15.0. The fourth-order valence-corrected chi connectivity index (χ4v) is 3.13. The third kappa shape index (κ3) is 8.82. The first-order valence-corrected chi connectivity index (χ1v) is 10.7. The highest BCUT2D eigenvalue weighted by Crippen LogP contribution is 2.08. The van der Waals surface area contributed by atoms with E-state index in [4.69, 9.17) is 4.74 Å². The van der Waals surface area contributed by atoms with Gasteiger partial charge in [0.05, 0.1) is 33.4 Å². The van der Waals surface area contributed by atoms with E-state index in [2.05, 4.69) is 24.1 Å². The summed E-state index contributed by atoms with van der Waals surface area (Å²) >= 11 is 0. The maximum absolute atomic E-state index is 13.1. The second-order valence-electron chi connectivity index (χ2n) is 7.74. The molecular formula is C23H34N5O3+. The Morgan fingerprint density at radius 3 is 2.45 bits per heavy atom. The zero-order chi connectivity index (χ0) is 22.5. The smallest absolute Gasteiger partial charge is 0.274 e. The molecule has 0 saturated heterocycles. The van der Waals surface area contributed by atoms with Crippen LogP contribution < -0.4 is 4.90 Å². The van der Waals surface area contributed by atoms with Crippen LogP contribution in [0, 0.1) is 0 Å². The number of methoxy groups -OCH3 is 1. The van der Waals surface area contributed by atoms with Crippen molar-refractivity contribution >= 4 is 11.8 Å². The van der Waals surface area contributed by atoms with Crippen LogP contribution in [0.4, 0.5) is 0 Å². The highest BCUT2D eigenvalue weighted by molar-refractivity contribution is 5.92. The maximum Gasteiger partial charge on any atom is 0.274 e. The van der Waals surface area contributed by atoms with Crippen LogP contribution in [0.3, 0.4) is 0 Å². The molecule has 1 N–H and O–H groups in total. The molecule has 8 heteroatoms. The lowest BCUT2D eigenvalue weighted by Crippen LogP contribution is -3.06. The molecule has 0 aliphatic heterocycles. The molecule has 1 heterocycles. The molecule has 0 radical (unpaired) electrons. The fourth-order valence-electron chi connectivity index (χ4n) is 3.13. The monoisotopic (exact) mass is 428 g/mol. The van der Waals surface area contributed by atoms with Gasteiger partial charge in [-0.1, -0.05) is 30.3 Å². The van der Waals surface area contributed by atoms with Crippen molar-refractivity contribution in [2.45, 2.75) is 19.4 Å². The summed E-state index contributed by atoms with van der Waals surface area (Å²) in [6.45, 7) is 3.46. The minimum absolute atomic E-state index is 0.0359. The van der Waals surface area contributed by atoms with Crippen molar-refractivity contribution in [1.29, 1.82) is 0 Å². The van der Waals surface area contributed by atoms with E-state index in [1.807, 2.05) is 35.2 Å². The Balaban J connectivity index is 2.04. The van der Waals surface area contributed by atoms with Crippen molar-refractivity contribution in [1.82, 2.24) is 19.8 Å². The van der Waals surface area contributed by atoms with Crippen LogP contribution in [-0.2, 0) is 16.1 Å². The first kappa shape index (κ1) is 24.4. The van der Waals surface area contributed by atoms with Gasteiger partial charge in [0.1, 0.15) is 5.69 Å². The molecule has 0 aliphatic rings. The van der Waals surface area contributed by atoms with Gasteiger partial charge in [-0.2, -0.15) is 0 Å². The summed E-state index contributed by atoms with van der Waals surface area (Å²) in [6.07, 6.45) is 5.43. The molecule has 168 valence electrons. The van der Waals surface area contributed by atoms with Gasteiger partial charge in [-0.15, -0.1) is 0 Å². The van der Waals surface area contributed by atoms with Gasteiger partial charge < -0.3 is 19.4 Å². The van der Waals surface area contributed by atoms with Crippen molar-refractivity contribution in [3.63, 3.8) is 0 Å². The van der Waals surface area contributed by atoms with Crippen LogP contribution >= 0.6 is 0 Å². The maximum atomic E-state index is 13.1. The topological polar surface area (TPSA) is 80.1 Å². The van der Waals surface area contributed by atoms with E-state index >= 15 is 0 Å². The van der Waals surface area contributed by atoms with Gasteiger partial charge in [0, 0.05) is 52.2 Å². The standard InChI is InChI=1S/C23H33N5O3/c1-26(2)15-16-28(19-20-8-5-4-6-9-20)22(29)10-14-27(13-7-17-31-3)23(30)21-18-24-11-12-25-21/h4-6,8-9,11-12,18H,7,10,13-17,19H2,1-3H3/p+1. The molecule has 8 nitrogen and oxygen atoms in total. The van der Waals surface area contributed by atoms with Crippen LogP contribution in [-0.4, -0.2) is 85.6 Å². The van der Waals surface area contributed by atoms with Gasteiger partial charge in [-0.05, 0) is 12.0 Å². The number of hydrogen-bond acceptors (Lipinski definition) is 5. The minimum Gasteiger partial charge on any atom is -0.385 e. The molecule has 2 aromatic rings.